The van der Waals surface area contributed by atoms with Gasteiger partial charge in [0, 0.05) is 43.0 Å². The van der Waals surface area contributed by atoms with Gasteiger partial charge in [-0.3, -0.25) is 9.78 Å². The Bertz CT molecular complexity index is 1250. The summed E-state index contributed by atoms with van der Waals surface area (Å²) in [5, 5.41) is 22.2. The van der Waals surface area contributed by atoms with Gasteiger partial charge in [-0.05, 0) is 48.4 Å². The number of rotatable bonds is 10. The Labute approximate surface area is 190 Å². The van der Waals surface area contributed by atoms with Crippen molar-refractivity contribution in [1.82, 2.24) is 15.3 Å². The maximum Gasteiger partial charge on any atom is 0.253 e. The third kappa shape index (κ3) is 6.18. The largest absolute Gasteiger partial charge is 0.396 e. The quantitative estimate of drug-likeness (QED) is 0.332. The Hall–Kier alpha value is -3.70. The van der Waals surface area contributed by atoms with E-state index in [-0.39, 0.29) is 47.3 Å². The number of anilines is 2. The number of carbonyl (C=O) groups excluding carboxylic acids is 1. The van der Waals surface area contributed by atoms with E-state index in [1.54, 1.807) is 6.07 Å². The van der Waals surface area contributed by atoms with Gasteiger partial charge in [0.1, 0.15) is 5.82 Å². The Morgan fingerprint density at radius 2 is 1.94 bits per heavy atom. The molecule has 1 amide bonds. The van der Waals surface area contributed by atoms with Gasteiger partial charge in [-0.25, -0.2) is 17.8 Å². The number of aliphatic hydroxyl groups excluding tert-OH is 1. The Morgan fingerprint density at radius 1 is 1.18 bits per heavy atom. The number of hydrogen-bond donors (Lipinski definition) is 4. The molecule has 0 radical (unpaired) electrons. The van der Waals surface area contributed by atoms with Crippen molar-refractivity contribution in [3.05, 3.63) is 77.5 Å². The van der Waals surface area contributed by atoms with Gasteiger partial charge < -0.3 is 21.1 Å². The van der Waals surface area contributed by atoms with E-state index in [0.717, 1.165) is 6.21 Å². The molecular weight excluding hydrogens is 449 g/mol. The van der Waals surface area contributed by atoms with E-state index in [9.17, 15) is 17.6 Å². The average Bonchev–Trinajstić information content (AvgIpc) is 2.82. The molecule has 33 heavy (non-hydrogen) atoms. The third-order valence-corrected chi connectivity index (χ3v) is 6.33. The maximum absolute atomic E-state index is 13.1. The standard InChI is InChI=1S/C22H22FN5O4S/c23-16-2-4-17(5-3-16)28-20-14-25-13-19(18(20)11-24)22(30)27-12-15-6-7-26-21(10-15)33(31,32)9-1-8-29/h2-7,10-11,13-14,24,28-29H,1,8-9,12H2,(H,27,30). The lowest BCUT2D eigenvalue weighted by molar-refractivity contribution is 0.0950. The summed E-state index contributed by atoms with van der Waals surface area (Å²) in [6.07, 6.45) is 5.23. The number of benzene rings is 1. The number of amides is 1. The molecule has 3 rings (SSSR count). The second-order valence-corrected chi connectivity index (χ2v) is 9.06. The van der Waals surface area contributed by atoms with Gasteiger partial charge in [-0.15, -0.1) is 0 Å². The van der Waals surface area contributed by atoms with Crippen LogP contribution in [0.2, 0.25) is 0 Å². The van der Waals surface area contributed by atoms with E-state index in [0.29, 0.717) is 16.9 Å². The zero-order valence-corrected chi connectivity index (χ0v) is 18.3. The van der Waals surface area contributed by atoms with Crippen LogP contribution in [-0.4, -0.2) is 48.0 Å². The summed E-state index contributed by atoms with van der Waals surface area (Å²) in [7, 11) is -3.64. The first-order valence-electron chi connectivity index (χ1n) is 9.92. The average molecular weight is 472 g/mol. The van der Waals surface area contributed by atoms with E-state index in [1.807, 2.05) is 0 Å². The predicted molar refractivity (Wildman–Crippen MR) is 121 cm³/mol. The van der Waals surface area contributed by atoms with Crippen molar-refractivity contribution in [3.8, 4) is 0 Å². The van der Waals surface area contributed by atoms with Crippen molar-refractivity contribution in [2.75, 3.05) is 17.7 Å². The van der Waals surface area contributed by atoms with Gasteiger partial charge in [-0.1, -0.05) is 0 Å². The number of sulfone groups is 1. The number of pyridine rings is 2. The summed E-state index contributed by atoms with van der Waals surface area (Å²) in [4.78, 5) is 20.7. The zero-order valence-electron chi connectivity index (χ0n) is 17.5. The van der Waals surface area contributed by atoms with Crippen LogP contribution < -0.4 is 10.6 Å². The lowest BCUT2D eigenvalue weighted by Gasteiger charge is -2.13. The molecule has 0 fully saturated rings. The molecule has 0 bridgehead atoms. The minimum atomic E-state index is -3.64. The fraction of sp³-hybridized carbons (Fsp3) is 0.182. The Balaban J connectivity index is 1.75. The van der Waals surface area contributed by atoms with E-state index in [2.05, 4.69) is 20.6 Å². The van der Waals surface area contributed by atoms with Crippen LogP contribution >= 0.6 is 0 Å². The van der Waals surface area contributed by atoms with Crippen molar-refractivity contribution in [1.29, 1.82) is 5.41 Å². The molecule has 2 heterocycles. The van der Waals surface area contributed by atoms with E-state index < -0.39 is 15.7 Å². The Morgan fingerprint density at radius 3 is 2.64 bits per heavy atom. The fourth-order valence-corrected chi connectivity index (χ4v) is 4.23. The van der Waals surface area contributed by atoms with Gasteiger partial charge in [-0.2, -0.15) is 0 Å². The lowest BCUT2D eigenvalue weighted by atomic mass is 10.1. The molecule has 3 aromatic rings. The highest BCUT2D eigenvalue weighted by atomic mass is 32.2. The number of nitrogens with zero attached hydrogens (tertiary/aromatic N) is 2. The minimum Gasteiger partial charge on any atom is -0.396 e. The van der Waals surface area contributed by atoms with Crippen LogP contribution in [0, 0.1) is 11.2 Å². The van der Waals surface area contributed by atoms with Crippen LogP contribution in [0.4, 0.5) is 15.8 Å². The van der Waals surface area contributed by atoms with Gasteiger partial charge in [0.15, 0.2) is 14.9 Å². The second-order valence-electron chi connectivity index (χ2n) is 7.01. The van der Waals surface area contributed by atoms with Gasteiger partial charge in [0.25, 0.3) is 5.91 Å². The zero-order chi connectivity index (χ0) is 23.8. The van der Waals surface area contributed by atoms with Gasteiger partial charge in [0.2, 0.25) is 0 Å². The van der Waals surface area contributed by atoms with Gasteiger partial charge in [0.05, 0.1) is 23.2 Å². The summed E-state index contributed by atoms with van der Waals surface area (Å²) in [6.45, 7) is -0.218. The first-order valence-corrected chi connectivity index (χ1v) is 11.6. The third-order valence-electron chi connectivity index (χ3n) is 4.64. The fourth-order valence-electron chi connectivity index (χ4n) is 2.96. The topological polar surface area (TPSA) is 145 Å². The molecule has 9 nitrogen and oxygen atoms in total. The highest BCUT2D eigenvalue weighted by molar-refractivity contribution is 7.91. The van der Waals surface area contributed by atoms with Crippen LogP contribution in [0.15, 0.2) is 60.0 Å². The summed E-state index contributed by atoms with van der Waals surface area (Å²) in [5.41, 5.74) is 1.90. The number of nitrogens with one attached hydrogen (secondary N) is 3. The molecule has 0 aliphatic carbocycles. The molecule has 0 atom stereocenters. The van der Waals surface area contributed by atoms with Crippen LogP contribution in [0.1, 0.15) is 27.9 Å². The van der Waals surface area contributed by atoms with E-state index >= 15 is 0 Å². The first kappa shape index (κ1) is 24.0. The molecule has 0 spiro atoms. The lowest BCUT2D eigenvalue weighted by Crippen LogP contribution is -2.25. The SMILES string of the molecule is N=Cc1c(Nc2ccc(F)cc2)cncc1C(=O)NCc1ccnc(S(=O)(=O)CCCO)c1. The molecule has 4 N–H and O–H groups in total. The molecule has 0 aliphatic rings. The molecule has 1 aromatic carbocycles. The van der Waals surface area contributed by atoms with Crippen LogP contribution in [0.25, 0.3) is 0 Å². The molecule has 0 aliphatic heterocycles. The monoisotopic (exact) mass is 471 g/mol. The van der Waals surface area contributed by atoms with E-state index in [4.69, 9.17) is 10.5 Å². The van der Waals surface area contributed by atoms with Crippen LogP contribution in [0.3, 0.4) is 0 Å². The molecule has 172 valence electrons. The van der Waals surface area contributed by atoms with Crippen molar-refractivity contribution in [2.24, 2.45) is 0 Å². The van der Waals surface area contributed by atoms with Crippen LogP contribution in [0.5, 0.6) is 0 Å². The number of aromatic nitrogens is 2. The molecule has 0 saturated heterocycles. The molecule has 2 aromatic heterocycles. The highest BCUT2D eigenvalue weighted by Gasteiger charge is 2.17. The second kappa shape index (κ2) is 10.7. The number of halogens is 1. The summed E-state index contributed by atoms with van der Waals surface area (Å²) in [5.74, 6) is -1.13. The summed E-state index contributed by atoms with van der Waals surface area (Å²) < 4.78 is 37.7. The molecular formula is C22H22FN5O4S. The van der Waals surface area contributed by atoms with Crippen LogP contribution in [-0.2, 0) is 16.4 Å². The van der Waals surface area contributed by atoms with Crippen molar-refractivity contribution >= 4 is 33.3 Å². The number of carbonyl (C=O) groups is 1. The van der Waals surface area contributed by atoms with Crippen molar-refractivity contribution in [3.63, 3.8) is 0 Å². The maximum atomic E-state index is 13.1. The molecule has 0 unspecified atom stereocenters. The number of hydrogen-bond acceptors (Lipinski definition) is 8. The smallest absolute Gasteiger partial charge is 0.253 e. The molecule has 11 heteroatoms. The van der Waals surface area contributed by atoms with Gasteiger partial charge >= 0.3 is 0 Å². The minimum absolute atomic E-state index is 0.0247. The summed E-state index contributed by atoms with van der Waals surface area (Å²) >= 11 is 0. The van der Waals surface area contributed by atoms with Crippen molar-refractivity contribution < 1.29 is 22.7 Å². The number of aliphatic hydroxyl groups is 1. The summed E-state index contributed by atoms with van der Waals surface area (Å²) in [6, 6.07) is 8.55. The van der Waals surface area contributed by atoms with E-state index in [1.165, 1.54) is 48.9 Å². The molecule has 0 saturated carbocycles. The Kier molecular flexibility index (Phi) is 7.80. The normalized spacial score (nSPS) is 11.1. The first-order chi connectivity index (χ1) is 15.8. The van der Waals surface area contributed by atoms with Crippen molar-refractivity contribution in [2.45, 2.75) is 18.0 Å². The highest BCUT2D eigenvalue weighted by Crippen LogP contribution is 2.22. The predicted octanol–water partition coefficient (Wildman–Crippen LogP) is 2.44.